The molecule has 150 valence electrons. The van der Waals surface area contributed by atoms with Crippen molar-refractivity contribution < 1.29 is 17.6 Å². The van der Waals surface area contributed by atoms with Crippen LogP contribution in [-0.2, 0) is 21.1 Å². The van der Waals surface area contributed by atoms with Crippen molar-refractivity contribution in [1.82, 2.24) is 4.90 Å². The van der Waals surface area contributed by atoms with Crippen molar-refractivity contribution in [3.05, 3.63) is 41.7 Å². The fraction of sp³-hybridized carbons (Fsp3) is 0.500. The number of unbranched alkanes of at least 4 members (excludes halogenated alkanes) is 1. The number of carbonyl (C=O) groups excluding carboxylic acids is 1. The van der Waals surface area contributed by atoms with E-state index >= 15 is 0 Å². The molecule has 1 unspecified atom stereocenters. The summed E-state index contributed by atoms with van der Waals surface area (Å²) < 4.78 is 29.8. The molecule has 0 spiro atoms. The molecule has 1 saturated heterocycles. The first kappa shape index (κ1) is 19.2. The smallest absolute Gasteiger partial charge is 0.247 e. The van der Waals surface area contributed by atoms with E-state index in [0.717, 1.165) is 54.4 Å². The van der Waals surface area contributed by atoms with Crippen molar-refractivity contribution in [3.63, 3.8) is 0 Å². The number of nitrogens with zero attached hydrogens (tertiary/aromatic N) is 1. The Kier molecular flexibility index (Phi) is 5.32. The van der Waals surface area contributed by atoms with Gasteiger partial charge in [-0.2, -0.15) is 0 Å². The van der Waals surface area contributed by atoms with Crippen molar-refractivity contribution in [2.75, 3.05) is 11.5 Å². The highest BCUT2D eigenvalue weighted by atomic mass is 32.2. The maximum atomic E-state index is 13.0. The standard InChI is InChI=1S/C22H27NO4S/c1-2-3-7-20-19(18-6-4-5-8-21(18)27-20)11-12-22(24)23(16-9-10-16)17-13-14-28(25,26)15-17/h4-6,8,11-12,16-17H,2-3,7,9-10,13-15H2,1H3. The molecule has 0 radical (unpaired) electrons. The fourth-order valence-corrected chi connectivity index (χ4v) is 5.78. The first-order valence-corrected chi connectivity index (χ1v) is 12.0. The summed E-state index contributed by atoms with van der Waals surface area (Å²) in [6.45, 7) is 2.14. The summed E-state index contributed by atoms with van der Waals surface area (Å²) in [5.41, 5.74) is 1.80. The Morgan fingerprint density at radius 2 is 2.00 bits per heavy atom. The van der Waals surface area contributed by atoms with Crippen LogP contribution in [-0.4, -0.2) is 42.8 Å². The molecule has 0 bridgehead atoms. The molecule has 2 aromatic rings. The van der Waals surface area contributed by atoms with E-state index in [1.807, 2.05) is 35.2 Å². The maximum Gasteiger partial charge on any atom is 0.247 e. The van der Waals surface area contributed by atoms with Crippen molar-refractivity contribution in [1.29, 1.82) is 0 Å². The summed E-state index contributed by atoms with van der Waals surface area (Å²) in [6.07, 6.45) is 8.89. The van der Waals surface area contributed by atoms with Gasteiger partial charge in [-0.1, -0.05) is 31.5 Å². The van der Waals surface area contributed by atoms with E-state index in [2.05, 4.69) is 6.92 Å². The van der Waals surface area contributed by atoms with Crippen LogP contribution in [0.5, 0.6) is 0 Å². The summed E-state index contributed by atoms with van der Waals surface area (Å²) >= 11 is 0. The molecule has 1 aromatic carbocycles. The van der Waals surface area contributed by atoms with E-state index in [0.29, 0.717) is 6.42 Å². The van der Waals surface area contributed by atoms with Gasteiger partial charge in [-0.15, -0.1) is 0 Å². The van der Waals surface area contributed by atoms with Crippen molar-refractivity contribution in [3.8, 4) is 0 Å². The van der Waals surface area contributed by atoms with E-state index in [-0.39, 0.29) is 29.5 Å². The predicted molar refractivity (Wildman–Crippen MR) is 111 cm³/mol. The van der Waals surface area contributed by atoms with E-state index < -0.39 is 9.84 Å². The van der Waals surface area contributed by atoms with Crippen molar-refractivity contribution >= 4 is 32.8 Å². The number of hydrogen-bond acceptors (Lipinski definition) is 4. The number of fused-ring (bicyclic) bond motifs is 1. The Bertz CT molecular complexity index is 1000. The highest BCUT2D eigenvalue weighted by Gasteiger charge is 2.41. The molecule has 28 heavy (non-hydrogen) atoms. The van der Waals surface area contributed by atoms with Gasteiger partial charge in [-0.05, 0) is 37.8 Å². The lowest BCUT2D eigenvalue weighted by molar-refractivity contribution is -0.128. The van der Waals surface area contributed by atoms with Gasteiger partial charge in [0.2, 0.25) is 5.91 Å². The lowest BCUT2D eigenvalue weighted by Gasteiger charge is -2.27. The van der Waals surface area contributed by atoms with Crippen LogP contribution >= 0.6 is 0 Å². The third-order valence-electron chi connectivity index (χ3n) is 5.66. The molecule has 1 amide bonds. The van der Waals surface area contributed by atoms with Gasteiger partial charge in [0.05, 0.1) is 11.5 Å². The van der Waals surface area contributed by atoms with Gasteiger partial charge in [0.25, 0.3) is 0 Å². The SMILES string of the molecule is CCCCc1oc2ccccc2c1C=CC(=O)N(C1CC1)C1CCS(=O)(=O)C1. The number of benzene rings is 1. The van der Waals surface area contributed by atoms with Crippen LogP contribution in [0.25, 0.3) is 17.0 Å². The van der Waals surface area contributed by atoms with Gasteiger partial charge in [-0.25, -0.2) is 8.42 Å². The topological polar surface area (TPSA) is 67.6 Å². The Morgan fingerprint density at radius 3 is 2.68 bits per heavy atom. The van der Waals surface area contributed by atoms with E-state index in [4.69, 9.17) is 4.42 Å². The van der Waals surface area contributed by atoms with Crippen LogP contribution in [0.3, 0.4) is 0 Å². The fourth-order valence-electron chi connectivity index (χ4n) is 4.07. The first-order chi connectivity index (χ1) is 13.5. The molecule has 6 heteroatoms. The lowest BCUT2D eigenvalue weighted by Crippen LogP contribution is -2.41. The molecular weight excluding hydrogens is 374 g/mol. The summed E-state index contributed by atoms with van der Waals surface area (Å²) in [5.74, 6) is 1.11. The van der Waals surface area contributed by atoms with Gasteiger partial charge in [0, 0.05) is 35.5 Å². The predicted octanol–water partition coefficient (Wildman–Crippen LogP) is 3.97. The second kappa shape index (κ2) is 7.74. The summed E-state index contributed by atoms with van der Waals surface area (Å²) in [5, 5.41) is 1.01. The molecule has 0 N–H and O–H groups in total. The third-order valence-corrected chi connectivity index (χ3v) is 7.41. The van der Waals surface area contributed by atoms with Crippen molar-refractivity contribution in [2.24, 2.45) is 0 Å². The molecule has 1 aliphatic carbocycles. The van der Waals surface area contributed by atoms with Crippen LogP contribution in [0.4, 0.5) is 0 Å². The Balaban J connectivity index is 1.60. The largest absolute Gasteiger partial charge is 0.460 e. The van der Waals surface area contributed by atoms with Crippen LogP contribution in [0.1, 0.15) is 50.4 Å². The van der Waals surface area contributed by atoms with Crippen molar-refractivity contribution in [2.45, 2.75) is 57.5 Å². The second-order valence-electron chi connectivity index (χ2n) is 7.91. The average Bonchev–Trinajstić information content (AvgIpc) is 3.34. The zero-order valence-electron chi connectivity index (χ0n) is 16.3. The van der Waals surface area contributed by atoms with Crippen LogP contribution in [0.15, 0.2) is 34.8 Å². The number of carbonyl (C=O) groups is 1. The number of rotatable bonds is 7. The van der Waals surface area contributed by atoms with Gasteiger partial charge in [-0.3, -0.25) is 4.79 Å². The number of hydrogen-bond donors (Lipinski definition) is 0. The van der Waals surface area contributed by atoms with Crippen LogP contribution in [0.2, 0.25) is 0 Å². The monoisotopic (exact) mass is 401 g/mol. The molecule has 2 aliphatic rings. The summed E-state index contributed by atoms with van der Waals surface area (Å²) in [4.78, 5) is 14.8. The minimum Gasteiger partial charge on any atom is -0.460 e. The molecule has 4 rings (SSSR count). The number of aryl methyl sites for hydroxylation is 1. The highest BCUT2D eigenvalue weighted by molar-refractivity contribution is 7.91. The molecule has 1 atom stereocenters. The molecule has 1 aliphatic heterocycles. The molecule has 1 aromatic heterocycles. The number of para-hydroxylation sites is 1. The highest BCUT2D eigenvalue weighted by Crippen LogP contribution is 2.33. The van der Waals surface area contributed by atoms with E-state index in [1.54, 1.807) is 6.08 Å². The first-order valence-electron chi connectivity index (χ1n) is 10.2. The number of furan rings is 1. The third kappa shape index (κ3) is 4.02. The quantitative estimate of drug-likeness (QED) is 0.659. The van der Waals surface area contributed by atoms with E-state index in [1.165, 1.54) is 0 Å². The van der Waals surface area contributed by atoms with Gasteiger partial charge in [0.15, 0.2) is 9.84 Å². The Labute approximate surface area is 166 Å². The maximum absolute atomic E-state index is 13.0. The Morgan fingerprint density at radius 1 is 1.21 bits per heavy atom. The van der Waals surface area contributed by atoms with Gasteiger partial charge >= 0.3 is 0 Å². The van der Waals surface area contributed by atoms with Crippen LogP contribution in [0, 0.1) is 0 Å². The molecule has 1 saturated carbocycles. The number of amides is 1. The molecule has 2 heterocycles. The summed E-state index contributed by atoms with van der Waals surface area (Å²) in [6, 6.07) is 7.89. The average molecular weight is 402 g/mol. The normalized spacial score (nSPS) is 21.5. The zero-order valence-corrected chi connectivity index (χ0v) is 17.1. The zero-order chi connectivity index (χ0) is 19.7. The number of sulfone groups is 1. The van der Waals surface area contributed by atoms with Gasteiger partial charge in [0.1, 0.15) is 11.3 Å². The van der Waals surface area contributed by atoms with Gasteiger partial charge < -0.3 is 9.32 Å². The van der Waals surface area contributed by atoms with Crippen LogP contribution < -0.4 is 0 Å². The molecule has 2 fully saturated rings. The van der Waals surface area contributed by atoms with E-state index in [9.17, 15) is 13.2 Å². The molecule has 5 nitrogen and oxygen atoms in total. The minimum atomic E-state index is -3.02. The second-order valence-corrected chi connectivity index (χ2v) is 10.1. The molecular formula is C22H27NO4S. The lowest BCUT2D eigenvalue weighted by atomic mass is 10.1. The minimum absolute atomic E-state index is 0.0867. The summed E-state index contributed by atoms with van der Waals surface area (Å²) in [7, 11) is -3.02. The Hall–Kier alpha value is -2.08.